The molecular formula is C25H24F3N3O4. The molecule has 0 unspecified atom stereocenters. The second-order valence-corrected chi connectivity index (χ2v) is 8.33. The highest BCUT2D eigenvalue weighted by Crippen LogP contribution is 2.23. The summed E-state index contributed by atoms with van der Waals surface area (Å²) in [5, 5.41) is 0. The number of imidazole rings is 1. The number of aryl methyl sites for hydroxylation is 2. The molecule has 1 aromatic heterocycles. The third kappa shape index (κ3) is 5.31. The van der Waals surface area contributed by atoms with E-state index >= 15 is 0 Å². The maximum absolute atomic E-state index is 12.9. The number of rotatable bonds is 5. The third-order valence-corrected chi connectivity index (χ3v) is 6.16. The van der Waals surface area contributed by atoms with Crippen LogP contribution in [0.2, 0.25) is 0 Å². The number of methoxy groups -OCH3 is 1. The Kier molecular flexibility index (Phi) is 6.81. The fourth-order valence-corrected chi connectivity index (χ4v) is 4.20. The zero-order valence-electron chi connectivity index (χ0n) is 19.0. The number of alkyl halides is 3. The van der Waals surface area contributed by atoms with Gasteiger partial charge in [-0.25, -0.2) is 9.59 Å². The van der Waals surface area contributed by atoms with Crippen molar-refractivity contribution < 1.29 is 27.5 Å². The van der Waals surface area contributed by atoms with Crippen molar-refractivity contribution >= 4 is 11.9 Å². The molecule has 0 atom stereocenters. The molecule has 0 bridgehead atoms. The molecule has 0 fully saturated rings. The summed E-state index contributed by atoms with van der Waals surface area (Å²) in [6, 6.07) is 12.3. The molecule has 0 radical (unpaired) electrons. The number of halogens is 3. The van der Waals surface area contributed by atoms with Crippen molar-refractivity contribution in [3.63, 3.8) is 0 Å². The fraction of sp³-hybridized carbons (Fsp3) is 0.320. The second-order valence-electron chi connectivity index (χ2n) is 8.33. The Morgan fingerprint density at radius 1 is 0.971 bits per heavy atom. The molecule has 0 saturated heterocycles. The summed E-state index contributed by atoms with van der Waals surface area (Å²) in [6.45, 7) is 0.407. The van der Waals surface area contributed by atoms with Crippen LogP contribution in [0.5, 0.6) is 0 Å². The molecule has 1 aliphatic heterocycles. The van der Waals surface area contributed by atoms with Crippen LogP contribution >= 0.6 is 0 Å². The van der Waals surface area contributed by atoms with Crippen molar-refractivity contribution in [1.82, 2.24) is 14.0 Å². The molecule has 2 heterocycles. The highest BCUT2D eigenvalue weighted by molar-refractivity contribution is 5.89. The van der Waals surface area contributed by atoms with Gasteiger partial charge in [0.25, 0.3) is 0 Å². The first kappa shape index (κ1) is 24.3. The van der Waals surface area contributed by atoms with Crippen LogP contribution < -0.4 is 5.69 Å². The minimum Gasteiger partial charge on any atom is -0.465 e. The van der Waals surface area contributed by atoms with Gasteiger partial charge in [0.15, 0.2) is 0 Å². The molecule has 1 aliphatic rings. The summed E-state index contributed by atoms with van der Waals surface area (Å²) in [5.74, 6) is -2.23. The molecule has 10 heteroatoms. The number of aromatic nitrogens is 2. The molecule has 4 rings (SSSR count). The van der Waals surface area contributed by atoms with Gasteiger partial charge in [0.05, 0.1) is 18.4 Å². The van der Waals surface area contributed by atoms with Crippen molar-refractivity contribution in [3.05, 3.63) is 87.6 Å². The number of carbonyl (C=O) groups is 2. The van der Waals surface area contributed by atoms with Crippen molar-refractivity contribution in [2.75, 3.05) is 20.2 Å². The summed E-state index contributed by atoms with van der Waals surface area (Å²) in [6.07, 6.45) is -0.370. The zero-order chi connectivity index (χ0) is 25.2. The Hall–Kier alpha value is -3.82. The predicted octanol–water partition coefficient (Wildman–Crippen LogP) is 3.16. The van der Waals surface area contributed by atoms with Crippen LogP contribution in [0.4, 0.5) is 13.2 Å². The molecule has 3 aromatic rings. The molecule has 1 amide bonds. The van der Waals surface area contributed by atoms with E-state index in [0.717, 1.165) is 21.6 Å². The van der Waals surface area contributed by atoms with Gasteiger partial charge in [0, 0.05) is 32.0 Å². The number of carbonyl (C=O) groups excluding carboxylic acids is 2. The number of ether oxygens (including phenoxy) is 1. The van der Waals surface area contributed by atoms with E-state index in [-0.39, 0.29) is 25.2 Å². The molecule has 35 heavy (non-hydrogen) atoms. The highest BCUT2D eigenvalue weighted by atomic mass is 19.4. The number of benzene rings is 2. The standard InChI is InChI=1S/C25H24F3N3O4/c1-35-22(32)19-4-2-17(3-5-19)8-11-30-14-15-31(24(30)34)21-7-6-18-9-12-29(13-10-20(18)16-21)23(33)25(26,27)28/h2-7,14-16H,8-13H2,1H3. The lowest BCUT2D eigenvalue weighted by Gasteiger charge is -2.21. The van der Waals surface area contributed by atoms with Gasteiger partial charge in [-0.05, 0) is 60.2 Å². The van der Waals surface area contributed by atoms with E-state index in [2.05, 4.69) is 4.74 Å². The van der Waals surface area contributed by atoms with Gasteiger partial charge in [-0.1, -0.05) is 18.2 Å². The average Bonchev–Trinajstić information content (AvgIpc) is 3.08. The van der Waals surface area contributed by atoms with E-state index in [1.165, 1.54) is 11.7 Å². The predicted molar refractivity (Wildman–Crippen MR) is 122 cm³/mol. The summed E-state index contributed by atoms with van der Waals surface area (Å²) in [7, 11) is 1.32. The highest BCUT2D eigenvalue weighted by Gasteiger charge is 2.42. The van der Waals surface area contributed by atoms with Crippen molar-refractivity contribution in [2.24, 2.45) is 0 Å². The van der Waals surface area contributed by atoms with E-state index in [4.69, 9.17) is 0 Å². The molecule has 0 N–H and O–H groups in total. The lowest BCUT2D eigenvalue weighted by Crippen LogP contribution is -2.42. The van der Waals surface area contributed by atoms with E-state index < -0.39 is 18.1 Å². The van der Waals surface area contributed by atoms with Gasteiger partial charge in [0.1, 0.15) is 0 Å². The Morgan fingerprint density at radius 3 is 2.31 bits per heavy atom. The van der Waals surface area contributed by atoms with Gasteiger partial charge in [-0.3, -0.25) is 13.9 Å². The molecule has 2 aromatic carbocycles. The van der Waals surface area contributed by atoms with Gasteiger partial charge in [0.2, 0.25) is 0 Å². The van der Waals surface area contributed by atoms with Crippen LogP contribution in [-0.4, -0.2) is 52.3 Å². The number of amides is 1. The van der Waals surface area contributed by atoms with E-state index in [1.54, 1.807) is 47.3 Å². The SMILES string of the molecule is COC(=O)c1ccc(CCn2ccn(-c3ccc4c(c3)CCN(C(=O)C(F)(F)F)CC4)c2=O)cc1. The van der Waals surface area contributed by atoms with Crippen LogP contribution in [-0.2, 0) is 35.3 Å². The van der Waals surface area contributed by atoms with Crippen LogP contribution in [0.25, 0.3) is 5.69 Å². The van der Waals surface area contributed by atoms with E-state index in [0.29, 0.717) is 30.6 Å². The third-order valence-electron chi connectivity index (χ3n) is 6.16. The van der Waals surface area contributed by atoms with Crippen LogP contribution in [0.3, 0.4) is 0 Å². The van der Waals surface area contributed by atoms with Crippen LogP contribution in [0.15, 0.2) is 59.7 Å². The van der Waals surface area contributed by atoms with Crippen molar-refractivity contribution in [2.45, 2.75) is 32.0 Å². The maximum Gasteiger partial charge on any atom is 0.471 e. The Labute approximate surface area is 199 Å². The molecule has 0 aliphatic carbocycles. The number of nitrogens with zero attached hydrogens (tertiary/aromatic N) is 3. The number of fused-ring (bicyclic) bond motifs is 1. The van der Waals surface area contributed by atoms with Gasteiger partial charge in [-0.15, -0.1) is 0 Å². The molecule has 184 valence electrons. The summed E-state index contributed by atoms with van der Waals surface area (Å²) < 4.78 is 46.2. The first-order valence-corrected chi connectivity index (χ1v) is 11.1. The number of hydrogen-bond acceptors (Lipinski definition) is 4. The van der Waals surface area contributed by atoms with Crippen molar-refractivity contribution in [1.29, 1.82) is 0 Å². The first-order chi connectivity index (χ1) is 16.7. The van der Waals surface area contributed by atoms with E-state index in [1.807, 2.05) is 12.1 Å². The van der Waals surface area contributed by atoms with Gasteiger partial charge >= 0.3 is 23.7 Å². The summed E-state index contributed by atoms with van der Waals surface area (Å²) in [4.78, 5) is 36.9. The molecular weight excluding hydrogens is 463 g/mol. The Balaban J connectivity index is 1.46. The average molecular weight is 487 g/mol. The monoisotopic (exact) mass is 487 g/mol. The van der Waals surface area contributed by atoms with Gasteiger partial charge in [-0.2, -0.15) is 13.2 Å². The van der Waals surface area contributed by atoms with E-state index in [9.17, 15) is 27.6 Å². The summed E-state index contributed by atoms with van der Waals surface area (Å²) >= 11 is 0. The molecule has 7 nitrogen and oxygen atoms in total. The Bertz CT molecular complexity index is 1290. The number of hydrogen-bond donors (Lipinski definition) is 0. The quantitative estimate of drug-likeness (QED) is 0.519. The minimum absolute atomic E-state index is 0.00161. The molecule has 0 spiro atoms. The lowest BCUT2D eigenvalue weighted by atomic mass is 10.0. The fourth-order valence-electron chi connectivity index (χ4n) is 4.20. The smallest absolute Gasteiger partial charge is 0.465 e. The zero-order valence-corrected chi connectivity index (χ0v) is 19.0. The number of esters is 1. The normalized spacial score (nSPS) is 13.8. The minimum atomic E-state index is -4.89. The van der Waals surface area contributed by atoms with Gasteiger partial charge < -0.3 is 9.64 Å². The van der Waals surface area contributed by atoms with Crippen LogP contribution in [0.1, 0.15) is 27.0 Å². The topological polar surface area (TPSA) is 73.5 Å². The molecule has 0 saturated carbocycles. The lowest BCUT2D eigenvalue weighted by molar-refractivity contribution is -0.185. The maximum atomic E-state index is 12.9. The Morgan fingerprint density at radius 2 is 1.66 bits per heavy atom. The van der Waals surface area contributed by atoms with Crippen LogP contribution in [0, 0.1) is 0 Å². The van der Waals surface area contributed by atoms with Crippen molar-refractivity contribution in [3.8, 4) is 5.69 Å². The summed E-state index contributed by atoms with van der Waals surface area (Å²) in [5.41, 5.74) is 3.48. The second kappa shape index (κ2) is 9.81. The first-order valence-electron chi connectivity index (χ1n) is 11.1. The largest absolute Gasteiger partial charge is 0.471 e.